The highest BCUT2D eigenvalue weighted by atomic mass is 35.5. The lowest BCUT2D eigenvalue weighted by Crippen LogP contribution is -2.36. The van der Waals surface area contributed by atoms with Gasteiger partial charge in [-0.1, -0.05) is 24.3 Å². The highest BCUT2D eigenvalue weighted by molar-refractivity contribution is 7.99. The molecule has 1 aromatic rings. The largest absolute Gasteiger partial charge is 0.394 e. The zero-order valence-electron chi connectivity index (χ0n) is 8.09. The van der Waals surface area contributed by atoms with Crippen molar-refractivity contribution >= 4 is 35.9 Å². The van der Waals surface area contributed by atoms with E-state index < -0.39 is 0 Å². The second-order valence-electron chi connectivity index (χ2n) is 3.55. The average Bonchev–Trinajstić information content (AvgIpc) is 2.66. The summed E-state index contributed by atoms with van der Waals surface area (Å²) in [4.78, 5) is 3.61. The Kier molecular flexibility index (Phi) is 2.96. The summed E-state index contributed by atoms with van der Waals surface area (Å²) in [7, 11) is 0. The van der Waals surface area contributed by atoms with Gasteiger partial charge in [-0.05, 0) is 11.6 Å². The van der Waals surface area contributed by atoms with Crippen molar-refractivity contribution in [3.8, 4) is 0 Å². The lowest BCUT2D eigenvalue weighted by molar-refractivity contribution is 0.280. The predicted octanol–water partition coefficient (Wildman–Crippen LogP) is 2.37. The second-order valence-corrected chi connectivity index (χ2v) is 4.53. The molecule has 0 radical (unpaired) electrons. The van der Waals surface area contributed by atoms with Crippen molar-refractivity contribution < 1.29 is 5.11 Å². The van der Waals surface area contributed by atoms with E-state index in [4.69, 9.17) is 0 Å². The van der Waals surface area contributed by atoms with E-state index >= 15 is 0 Å². The quantitative estimate of drug-likeness (QED) is 0.817. The molecule has 1 aromatic carbocycles. The number of nitrogens with zero attached hydrogens (tertiary/aromatic N) is 1. The first-order valence-electron chi connectivity index (χ1n) is 4.71. The van der Waals surface area contributed by atoms with Crippen LogP contribution in [-0.4, -0.2) is 23.6 Å². The van der Waals surface area contributed by atoms with Crippen molar-refractivity contribution in [3.63, 3.8) is 0 Å². The van der Waals surface area contributed by atoms with Gasteiger partial charge in [0.25, 0.3) is 0 Å². The van der Waals surface area contributed by atoms with Gasteiger partial charge < -0.3 is 10.0 Å². The zero-order chi connectivity index (χ0) is 9.54. The van der Waals surface area contributed by atoms with Crippen molar-refractivity contribution in [3.05, 3.63) is 29.8 Å². The Morgan fingerprint density at radius 3 is 3.13 bits per heavy atom. The molecule has 2 nitrogen and oxygen atoms in total. The number of thioether (sulfide) groups is 1. The molecule has 2 aliphatic rings. The first-order valence-corrected chi connectivity index (χ1v) is 5.70. The fourth-order valence-electron chi connectivity index (χ4n) is 2.04. The molecule has 2 heterocycles. The highest BCUT2D eigenvalue weighted by Crippen LogP contribution is 2.44. The third-order valence-electron chi connectivity index (χ3n) is 2.76. The third-order valence-corrected chi connectivity index (χ3v) is 3.81. The summed E-state index contributed by atoms with van der Waals surface area (Å²) >= 11 is 1.85. The molecule has 2 aliphatic heterocycles. The molecular weight excluding hydrogens is 230 g/mol. The molecule has 0 fully saturated rings. The zero-order valence-corrected chi connectivity index (χ0v) is 9.72. The van der Waals surface area contributed by atoms with Crippen LogP contribution < -0.4 is 4.90 Å². The van der Waals surface area contributed by atoms with Crippen LogP contribution in [0.2, 0.25) is 0 Å². The molecular formula is C11H12ClNOS. The molecule has 0 amide bonds. The maximum atomic E-state index is 9.24. The number of halogens is 1. The lowest BCUT2D eigenvalue weighted by Gasteiger charge is -2.30. The molecule has 1 N–H and O–H groups in total. The molecule has 1 atom stereocenters. The number of rotatable bonds is 1. The van der Waals surface area contributed by atoms with Gasteiger partial charge in [0.05, 0.1) is 24.2 Å². The Labute approximate surface area is 99.4 Å². The molecule has 0 aliphatic carbocycles. The van der Waals surface area contributed by atoms with Gasteiger partial charge in [0.2, 0.25) is 0 Å². The predicted molar refractivity (Wildman–Crippen MR) is 66.8 cm³/mol. The van der Waals surface area contributed by atoms with Gasteiger partial charge in [0.15, 0.2) is 0 Å². The van der Waals surface area contributed by atoms with E-state index in [0.717, 1.165) is 5.88 Å². The van der Waals surface area contributed by atoms with Gasteiger partial charge >= 0.3 is 0 Å². The number of hydrogen-bond acceptors (Lipinski definition) is 3. The number of anilines is 1. The van der Waals surface area contributed by atoms with Gasteiger partial charge in [-0.2, -0.15) is 0 Å². The fourth-order valence-corrected chi connectivity index (χ4v) is 3.19. The summed E-state index contributed by atoms with van der Waals surface area (Å²) in [6.45, 7) is 0.199. The average molecular weight is 242 g/mol. The standard InChI is InChI=1S/C11H11NOS.ClH/c13-6-9-5-4-8-2-1-3-10-11(8)12(9)7-14-10;/h1-5,9,13H,6-7H2;1H. The van der Waals surface area contributed by atoms with Crippen LogP contribution in [0.25, 0.3) is 6.08 Å². The van der Waals surface area contributed by atoms with Crippen molar-refractivity contribution in [2.24, 2.45) is 0 Å². The summed E-state index contributed by atoms with van der Waals surface area (Å²) < 4.78 is 0. The third kappa shape index (κ3) is 1.55. The fraction of sp³-hybridized carbons (Fsp3) is 0.273. The van der Waals surface area contributed by atoms with Gasteiger partial charge in [-0.15, -0.1) is 24.2 Å². The summed E-state index contributed by atoms with van der Waals surface area (Å²) in [5.41, 5.74) is 2.58. The van der Waals surface area contributed by atoms with E-state index in [2.05, 4.69) is 35.3 Å². The van der Waals surface area contributed by atoms with Crippen molar-refractivity contribution in [1.29, 1.82) is 0 Å². The molecule has 0 saturated heterocycles. The van der Waals surface area contributed by atoms with Gasteiger partial charge in [0, 0.05) is 4.90 Å². The van der Waals surface area contributed by atoms with Crippen molar-refractivity contribution in [2.75, 3.05) is 17.4 Å². The molecule has 1 unspecified atom stereocenters. The van der Waals surface area contributed by atoms with Crippen LogP contribution >= 0.6 is 24.2 Å². The number of benzene rings is 1. The summed E-state index contributed by atoms with van der Waals surface area (Å²) in [5, 5.41) is 9.24. The Hall–Kier alpha value is -0.640. The Bertz CT molecular complexity index is 408. The Morgan fingerprint density at radius 1 is 1.47 bits per heavy atom. The summed E-state index contributed by atoms with van der Waals surface area (Å²) in [6, 6.07) is 6.53. The second kappa shape index (κ2) is 4.08. The van der Waals surface area contributed by atoms with Crippen molar-refractivity contribution in [1.82, 2.24) is 0 Å². The molecule has 3 rings (SSSR count). The van der Waals surface area contributed by atoms with Crippen LogP contribution in [0.15, 0.2) is 29.2 Å². The van der Waals surface area contributed by atoms with Gasteiger partial charge in [-0.3, -0.25) is 0 Å². The minimum Gasteiger partial charge on any atom is -0.394 e. The highest BCUT2D eigenvalue weighted by Gasteiger charge is 2.29. The maximum absolute atomic E-state index is 9.24. The van der Waals surface area contributed by atoms with Crippen LogP contribution in [-0.2, 0) is 0 Å². The molecule has 0 spiro atoms. The first-order chi connectivity index (χ1) is 6.90. The molecule has 4 heteroatoms. The smallest absolute Gasteiger partial charge is 0.0716 e. The SMILES string of the molecule is Cl.OCC1C=Cc2cccc3c2N1CS3. The number of aliphatic hydroxyl groups is 1. The van der Waals surface area contributed by atoms with E-state index in [0.29, 0.717) is 0 Å². The minimum atomic E-state index is 0. The minimum absolute atomic E-state index is 0. The van der Waals surface area contributed by atoms with E-state index in [1.165, 1.54) is 16.1 Å². The van der Waals surface area contributed by atoms with Gasteiger partial charge in [-0.25, -0.2) is 0 Å². The molecule has 15 heavy (non-hydrogen) atoms. The number of aliphatic hydroxyl groups excluding tert-OH is 1. The van der Waals surface area contributed by atoms with Crippen LogP contribution in [0, 0.1) is 0 Å². The molecule has 0 saturated carbocycles. The summed E-state index contributed by atoms with van der Waals surface area (Å²) in [5.74, 6) is 0.960. The Morgan fingerprint density at radius 2 is 2.33 bits per heavy atom. The topological polar surface area (TPSA) is 23.5 Å². The van der Waals surface area contributed by atoms with Gasteiger partial charge in [0.1, 0.15) is 0 Å². The van der Waals surface area contributed by atoms with Crippen molar-refractivity contribution in [2.45, 2.75) is 10.9 Å². The van der Waals surface area contributed by atoms with E-state index in [-0.39, 0.29) is 25.1 Å². The van der Waals surface area contributed by atoms with E-state index in [1.54, 1.807) is 0 Å². The van der Waals surface area contributed by atoms with Crippen LogP contribution in [0.4, 0.5) is 5.69 Å². The first kappa shape index (κ1) is 10.9. The number of para-hydroxylation sites is 1. The Balaban J connectivity index is 0.000000853. The van der Waals surface area contributed by atoms with E-state index in [9.17, 15) is 5.11 Å². The van der Waals surface area contributed by atoms with Crippen LogP contribution in [0.5, 0.6) is 0 Å². The molecule has 0 bridgehead atoms. The summed E-state index contributed by atoms with van der Waals surface area (Å²) in [6.07, 6.45) is 4.19. The number of hydrogen-bond donors (Lipinski definition) is 1. The van der Waals surface area contributed by atoms with Crippen LogP contribution in [0.3, 0.4) is 0 Å². The monoisotopic (exact) mass is 241 g/mol. The lowest BCUT2D eigenvalue weighted by atomic mass is 10.0. The van der Waals surface area contributed by atoms with Crippen LogP contribution in [0.1, 0.15) is 5.56 Å². The maximum Gasteiger partial charge on any atom is 0.0716 e. The molecule has 0 aromatic heterocycles. The normalized spacial score (nSPS) is 21.1. The van der Waals surface area contributed by atoms with E-state index in [1.807, 2.05) is 11.8 Å². The molecule has 80 valence electrons.